The van der Waals surface area contributed by atoms with Crippen molar-refractivity contribution in [3.63, 3.8) is 0 Å². The van der Waals surface area contributed by atoms with Crippen molar-refractivity contribution in [3.05, 3.63) is 0 Å². The summed E-state index contributed by atoms with van der Waals surface area (Å²) >= 11 is 0. The van der Waals surface area contributed by atoms with Crippen molar-refractivity contribution in [2.24, 2.45) is 0 Å². The Balaban J connectivity index is 4.08. The molecule has 0 aliphatic heterocycles. The molecule has 12 heavy (non-hydrogen) atoms. The second kappa shape index (κ2) is 4.09. The summed E-state index contributed by atoms with van der Waals surface area (Å²) in [5, 5.41) is -0.735. The topological polar surface area (TPSA) is 46.5 Å². The predicted molar refractivity (Wildman–Crippen MR) is 49.0 cm³/mol. The molecule has 1 unspecified atom stereocenters. The molecule has 1 N–H and O–H groups in total. The van der Waals surface area contributed by atoms with Gasteiger partial charge in [0.05, 0.1) is 11.8 Å². The van der Waals surface area contributed by atoms with Crippen LogP contribution in [0.2, 0.25) is 0 Å². The average molecular weight is 190 g/mol. The van der Waals surface area contributed by atoms with Crippen LogP contribution in [0.5, 0.6) is 0 Å². The lowest BCUT2D eigenvalue weighted by molar-refractivity contribution is 0.247. The van der Waals surface area contributed by atoms with Crippen LogP contribution in [0, 0.1) is 12.3 Å². The van der Waals surface area contributed by atoms with E-state index in [2.05, 4.69) is 5.92 Å². The molecule has 0 amide bonds. The third-order valence-electron chi connectivity index (χ3n) is 1.36. The number of rotatable bonds is 3. The molecule has 0 radical (unpaired) electrons. The van der Waals surface area contributed by atoms with Gasteiger partial charge in [0.15, 0.2) is 0 Å². The first-order valence-corrected chi connectivity index (χ1v) is 5.30. The second-order valence-electron chi connectivity index (χ2n) is 3.48. The molecule has 0 aliphatic rings. The van der Waals surface area contributed by atoms with E-state index in [0.717, 1.165) is 0 Å². The molecule has 0 aromatic carbocycles. The summed E-state index contributed by atoms with van der Waals surface area (Å²) in [5.41, 5.74) is 0. The fourth-order valence-corrected chi connectivity index (χ4v) is 1.15. The normalized spacial score (nSPS) is 16.6. The molecule has 0 aliphatic carbocycles. The molecule has 0 spiro atoms. The molecule has 1 atom stereocenters. The summed E-state index contributed by atoms with van der Waals surface area (Å²) in [7, 11) is -3.50. The Morgan fingerprint density at radius 2 is 2.08 bits per heavy atom. The van der Waals surface area contributed by atoms with Crippen molar-refractivity contribution in [3.8, 4) is 12.3 Å². The predicted octanol–water partition coefficient (Wildman–Crippen LogP) is 2.01. The highest BCUT2D eigenvalue weighted by molar-refractivity contribution is 7.54. The maximum Gasteiger partial charge on any atom is 0.333 e. The summed E-state index contributed by atoms with van der Waals surface area (Å²) in [4.78, 5) is 9.34. The Bertz CT molecular complexity index is 221. The third kappa shape index (κ3) is 3.40. The van der Waals surface area contributed by atoms with Crippen LogP contribution in [0.15, 0.2) is 0 Å². The number of hydrogen-bond acceptors (Lipinski definition) is 2. The van der Waals surface area contributed by atoms with Gasteiger partial charge in [-0.3, -0.25) is 4.57 Å². The smallest absolute Gasteiger partial charge is 0.324 e. The summed E-state index contributed by atoms with van der Waals surface area (Å²) in [5.74, 6) is 2.33. The van der Waals surface area contributed by atoms with Crippen molar-refractivity contribution in [1.82, 2.24) is 0 Å². The molecule has 3 nitrogen and oxygen atoms in total. The first-order valence-electron chi connectivity index (χ1n) is 3.72. The van der Waals surface area contributed by atoms with Gasteiger partial charge in [-0.25, -0.2) is 0 Å². The fourth-order valence-electron chi connectivity index (χ4n) is 0.422. The maximum atomic E-state index is 11.4. The van der Waals surface area contributed by atoms with Gasteiger partial charge in [0.1, 0.15) is 0 Å². The number of terminal acetylenes is 1. The zero-order valence-corrected chi connectivity index (χ0v) is 8.60. The number of hydrogen-bond donors (Lipinski definition) is 1. The van der Waals surface area contributed by atoms with Gasteiger partial charge in [-0.15, -0.1) is 12.3 Å². The molecule has 4 heteroatoms. The maximum absolute atomic E-state index is 11.4. The second-order valence-corrected chi connectivity index (χ2v) is 6.12. The lowest BCUT2D eigenvalue weighted by atomic mass is 10.3. The molecule has 0 saturated heterocycles. The Morgan fingerprint density at radius 1 is 1.58 bits per heavy atom. The zero-order chi connectivity index (χ0) is 9.83. The molecule has 0 heterocycles. The molecule has 0 fully saturated rings. The van der Waals surface area contributed by atoms with Crippen molar-refractivity contribution >= 4 is 7.60 Å². The van der Waals surface area contributed by atoms with Crippen LogP contribution < -0.4 is 0 Å². The van der Waals surface area contributed by atoms with E-state index in [1.54, 1.807) is 20.8 Å². The Hall–Kier alpha value is -0.290. The highest BCUT2D eigenvalue weighted by Gasteiger charge is 2.35. The Morgan fingerprint density at radius 3 is 2.42 bits per heavy atom. The summed E-state index contributed by atoms with van der Waals surface area (Å²) in [6, 6.07) is 0. The SMILES string of the molecule is C#CCCOP(=O)(O)C(C)(C)C. The van der Waals surface area contributed by atoms with Crippen molar-refractivity contribution in [2.75, 3.05) is 6.61 Å². The van der Waals surface area contributed by atoms with Crippen LogP contribution in [0.4, 0.5) is 0 Å². The summed E-state index contributed by atoms with van der Waals surface area (Å²) in [6.07, 6.45) is 5.33. The van der Waals surface area contributed by atoms with Crippen LogP contribution in [0.1, 0.15) is 27.2 Å². The highest BCUT2D eigenvalue weighted by Crippen LogP contribution is 2.54. The monoisotopic (exact) mass is 190 g/mol. The molecular weight excluding hydrogens is 175 g/mol. The molecule has 0 bridgehead atoms. The van der Waals surface area contributed by atoms with Gasteiger partial charge in [-0.1, -0.05) is 0 Å². The van der Waals surface area contributed by atoms with E-state index in [9.17, 15) is 9.46 Å². The van der Waals surface area contributed by atoms with Crippen molar-refractivity contribution < 1.29 is 14.0 Å². The van der Waals surface area contributed by atoms with Gasteiger partial charge in [0.2, 0.25) is 0 Å². The van der Waals surface area contributed by atoms with E-state index in [4.69, 9.17) is 10.9 Å². The zero-order valence-electron chi connectivity index (χ0n) is 7.70. The summed E-state index contributed by atoms with van der Waals surface area (Å²) in [6.45, 7) is 5.11. The van der Waals surface area contributed by atoms with Crippen LogP contribution in [0.25, 0.3) is 0 Å². The Labute approximate surface area is 73.7 Å². The van der Waals surface area contributed by atoms with Crippen LogP contribution in [-0.4, -0.2) is 16.7 Å². The molecule has 0 saturated carbocycles. The highest BCUT2D eigenvalue weighted by atomic mass is 31.2. The standard InChI is InChI=1S/C8H15O3P/c1-5-6-7-11-12(9,10)8(2,3)4/h1H,6-7H2,2-4H3,(H,9,10). The lowest BCUT2D eigenvalue weighted by Crippen LogP contribution is -2.16. The van der Waals surface area contributed by atoms with E-state index >= 15 is 0 Å². The first-order chi connectivity index (χ1) is 5.31. The van der Waals surface area contributed by atoms with Gasteiger partial charge < -0.3 is 9.42 Å². The van der Waals surface area contributed by atoms with Crippen LogP contribution in [-0.2, 0) is 9.09 Å². The van der Waals surface area contributed by atoms with Gasteiger partial charge in [0.25, 0.3) is 0 Å². The van der Waals surface area contributed by atoms with Crippen molar-refractivity contribution in [1.29, 1.82) is 0 Å². The van der Waals surface area contributed by atoms with Gasteiger partial charge >= 0.3 is 7.60 Å². The van der Waals surface area contributed by atoms with E-state index in [1.807, 2.05) is 0 Å². The molecule has 0 aromatic rings. The quantitative estimate of drug-likeness (QED) is 0.420. The largest absolute Gasteiger partial charge is 0.333 e. The van der Waals surface area contributed by atoms with Gasteiger partial charge in [-0.2, -0.15) is 0 Å². The summed E-state index contributed by atoms with van der Waals surface area (Å²) < 4.78 is 16.2. The average Bonchev–Trinajstić information content (AvgIpc) is 1.85. The van der Waals surface area contributed by atoms with Crippen molar-refractivity contribution in [2.45, 2.75) is 32.3 Å². The third-order valence-corrected chi connectivity index (χ3v) is 3.59. The molecular formula is C8H15O3P. The Kier molecular flexibility index (Phi) is 3.99. The van der Waals surface area contributed by atoms with E-state index < -0.39 is 12.8 Å². The van der Waals surface area contributed by atoms with E-state index in [1.165, 1.54) is 0 Å². The van der Waals surface area contributed by atoms with E-state index in [0.29, 0.717) is 6.42 Å². The van der Waals surface area contributed by atoms with Crippen LogP contribution in [0.3, 0.4) is 0 Å². The molecule has 70 valence electrons. The lowest BCUT2D eigenvalue weighted by Gasteiger charge is -2.24. The van der Waals surface area contributed by atoms with Crippen LogP contribution >= 0.6 is 7.60 Å². The first kappa shape index (κ1) is 11.7. The van der Waals surface area contributed by atoms with Gasteiger partial charge in [0, 0.05) is 6.42 Å². The minimum Gasteiger partial charge on any atom is -0.324 e. The minimum absolute atomic E-state index is 0.140. The molecule has 0 aromatic heterocycles. The fraction of sp³-hybridized carbons (Fsp3) is 0.750. The van der Waals surface area contributed by atoms with Gasteiger partial charge in [-0.05, 0) is 20.8 Å². The molecule has 0 rings (SSSR count). The van der Waals surface area contributed by atoms with E-state index in [-0.39, 0.29) is 6.61 Å². The minimum atomic E-state index is -3.50.